The van der Waals surface area contributed by atoms with Crippen LogP contribution in [0.2, 0.25) is 0 Å². The highest BCUT2D eigenvalue weighted by Crippen LogP contribution is 2.13. The van der Waals surface area contributed by atoms with E-state index in [-0.39, 0.29) is 12.1 Å². The summed E-state index contributed by atoms with van der Waals surface area (Å²) in [6, 6.07) is 2.98. The molecule has 1 aliphatic heterocycles. The van der Waals surface area contributed by atoms with E-state index in [0.717, 1.165) is 31.2 Å². The van der Waals surface area contributed by atoms with Gasteiger partial charge in [0.25, 0.3) is 0 Å². The number of piperidine rings is 1. The van der Waals surface area contributed by atoms with Gasteiger partial charge in [-0.2, -0.15) is 0 Å². The van der Waals surface area contributed by atoms with Crippen molar-refractivity contribution in [3.63, 3.8) is 0 Å². The van der Waals surface area contributed by atoms with Gasteiger partial charge in [-0.15, -0.1) is 0 Å². The van der Waals surface area contributed by atoms with Crippen LogP contribution in [0.15, 0.2) is 18.2 Å². The standard InChI is InChI=1S/C12H16F2N2O2S/c13-10-3-4-12(14)9(6-10)7-16-19(17,18)11-2-1-5-15-8-11/h3-4,6,11,15-16H,1-2,5,7-8H2. The van der Waals surface area contributed by atoms with Gasteiger partial charge in [0.1, 0.15) is 11.6 Å². The molecular weight excluding hydrogens is 274 g/mol. The Bertz CT molecular complexity index is 543. The number of sulfonamides is 1. The minimum atomic E-state index is -3.51. The normalized spacial score (nSPS) is 20.4. The third-order valence-electron chi connectivity index (χ3n) is 3.16. The fraction of sp³-hybridized carbons (Fsp3) is 0.500. The second-order valence-corrected chi connectivity index (χ2v) is 6.62. The average molecular weight is 290 g/mol. The van der Waals surface area contributed by atoms with Crippen molar-refractivity contribution in [2.75, 3.05) is 13.1 Å². The van der Waals surface area contributed by atoms with Crippen molar-refractivity contribution in [2.24, 2.45) is 0 Å². The summed E-state index contributed by atoms with van der Waals surface area (Å²) in [5.41, 5.74) is 0.00680. The van der Waals surface area contributed by atoms with Crippen LogP contribution in [-0.4, -0.2) is 26.8 Å². The van der Waals surface area contributed by atoms with Crippen LogP contribution in [0.5, 0.6) is 0 Å². The molecule has 1 aromatic rings. The minimum Gasteiger partial charge on any atom is -0.315 e. The number of halogens is 2. The summed E-state index contributed by atoms with van der Waals surface area (Å²) < 4.78 is 52.7. The third-order valence-corrected chi connectivity index (χ3v) is 4.99. The van der Waals surface area contributed by atoms with Gasteiger partial charge in [-0.25, -0.2) is 21.9 Å². The highest BCUT2D eigenvalue weighted by Gasteiger charge is 2.26. The van der Waals surface area contributed by atoms with Crippen molar-refractivity contribution in [3.8, 4) is 0 Å². The van der Waals surface area contributed by atoms with E-state index in [4.69, 9.17) is 0 Å². The lowest BCUT2D eigenvalue weighted by molar-refractivity contribution is 0.489. The quantitative estimate of drug-likeness (QED) is 0.874. The summed E-state index contributed by atoms with van der Waals surface area (Å²) in [7, 11) is -3.51. The van der Waals surface area contributed by atoms with Gasteiger partial charge in [-0.3, -0.25) is 0 Å². The zero-order valence-corrected chi connectivity index (χ0v) is 11.1. The van der Waals surface area contributed by atoms with Crippen molar-refractivity contribution >= 4 is 10.0 Å². The summed E-state index contributed by atoms with van der Waals surface area (Å²) in [5.74, 6) is -1.21. The van der Waals surface area contributed by atoms with E-state index in [1.807, 2.05) is 0 Å². The lowest BCUT2D eigenvalue weighted by atomic mass is 10.2. The van der Waals surface area contributed by atoms with Crippen molar-refractivity contribution < 1.29 is 17.2 Å². The first-order valence-electron chi connectivity index (χ1n) is 6.12. The minimum absolute atomic E-state index is 0.00680. The monoisotopic (exact) mass is 290 g/mol. The predicted octanol–water partition coefficient (Wildman–Crippen LogP) is 1.14. The van der Waals surface area contributed by atoms with Crippen LogP contribution < -0.4 is 10.0 Å². The molecule has 0 aromatic heterocycles. The molecule has 0 spiro atoms. The maximum Gasteiger partial charge on any atom is 0.216 e. The van der Waals surface area contributed by atoms with Crippen LogP contribution in [0.3, 0.4) is 0 Å². The molecule has 4 nitrogen and oxygen atoms in total. The molecule has 1 fully saturated rings. The molecule has 19 heavy (non-hydrogen) atoms. The largest absolute Gasteiger partial charge is 0.315 e. The Morgan fingerprint density at radius 1 is 1.37 bits per heavy atom. The van der Waals surface area contributed by atoms with Crippen LogP contribution in [0, 0.1) is 11.6 Å². The van der Waals surface area contributed by atoms with Crippen LogP contribution in [-0.2, 0) is 16.6 Å². The predicted molar refractivity (Wildman–Crippen MR) is 68.0 cm³/mol. The number of benzene rings is 1. The molecule has 1 atom stereocenters. The fourth-order valence-electron chi connectivity index (χ4n) is 2.06. The topological polar surface area (TPSA) is 58.2 Å². The number of rotatable bonds is 4. The van der Waals surface area contributed by atoms with Crippen LogP contribution in [0.1, 0.15) is 18.4 Å². The van der Waals surface area contributed by atoms with Gasteiger partial charge in [0.05, 0.1) is 5.25 Å². The summed E-state index contributed by atoms with van der Waals surface area (Å²) in [6.45, 7) is 0.966. The van der Waals surface area contributed by atoms with Gasteiger partial charge in [-0.05, 0) is 37.6 Å². The summed E-state index contributed by atoms with van der Waals surface area (Å²) in [5, 5.41) is 2.49. The molecule has 106 valence electrons. The summed E-state index contributed by atoms with van der Waals surface area (Å²) in [4.78, 5) is 0. The van der Waals surface area contributed by atoms with Crippen LogP contribution in [0.4, 0.5) is 8.78 Å². The van der Waals surface area contributed by atoms with Crippen molar-refractivity contribution in [2.45, 2.75) is 24.6 Å². The van der Waals surface area contributed by atoms with E-state index in [2.05, 4.69) is 10.0 Å². The summed E-state index contributed by atoms with van der Waals surface area (Å²) in [6.07, 6.45) is 1.37. The van der Waals surface area contributed by atoms with Crippen LogP contribution >= 0.6 is 0 Å². The second-order valence-electron chi connectivity index (χ2n) is 4.57. The Morgan fingerprint density at radius 3 is 2.84 bits per heavy atom. The molecule has 1 aromatic carbocycles. The van der Waals surface area contributed by atoms with Crippen LogP contribution in [0.25, 0.3) is 0 Å². The van der Waals surface area contributed by atoms with Crippen molar-refractivity contribution in [3.05, 3.63) is 35.4 Å². The molecule has 1 heterocycles. The molecule has 0 saturated carbocycles. The van der Waals surface area contributed by atoms with Crippen molar-refractivity contribution in [1.29, 1.82) is 0 Å². The molecule has 0 aliphatic carbocycles. The maximum atomic E-state index is 13.4. The number of hydrogen-bond donors (Lipinski definition) is 2. The van der Waals surface area contributed by atoms with E-state index in [1.165, 1.54) is 0 Å². The third kappa shape index (κ3) is 3.71. The molecule has 1 unspecified atom stereocenters. The fourth-order valence-corrected chi connectivity index (χ4v) is 3.47. The first-order chi connectivity index (χ1) is 8.99. The van der Waals surface area contributed by atoms with Gasteiger partial charge in [-0.1, -0.05) is 0 Å². The van der Waals surface area contributed by atoms with Gasteiger partial charge in [0, 0.05) is 18.7 Å². The molecule has 0 radical (unpaired) electrons. The highest BCUT2D eigenvalue weighted by molar-refractivity contribution is 7.90. The van der Waals surface area contributed by atoms with Gasteiger partial charge < -0.3 is 5.32 Å². The molecule has 1 aliphatic rings. The Morgan fingerprint density at radius 2 is 2.16 bits per heavy atom. The second kappa shape index (κ2) is 5.94. The lowest BCUT2D eigenvalue weighted by Crippen LogP contribution is -2.44. The smallest absolute Gasteiger partial charge is 0.216 e. The molecule has 7 heteroatoms. The van der Waals surface area contributed by atoms with E-state index < -0.39 is 26.9 Å². The maximum absolute atomic E-state index is 13.4. The molecular formula is C12H16F2N2O2S. The summed E-state index contributed by atoms with van der Waals surface area (Å²) >= 11 is 0. The molecule has 2 N–H and O–H groups in total. The molecule has 0 amide bonds. The number of nitrogens with one attached hydrogen (secondary N) is 2. The van der Waals surface area contributed by atoms with Gasteiger partial charge in [0.2, 0.25) is 10.0 Å². The molecule has 0 bridgehead atoms. The van der Waals surface area contributed by atoms with Gasteiger partial charge in [0.15, 0.2) is 0 Å². The Hall–Kier alpha value is -1.05. The van der Waals surface area contributed by atoms with E-state index in [1.54, 1.807) is 0 Å². The highest BCUT2D eigenvalue weighted by atomic mass is 32.2. The van der Waals surface area contributed by atoms with E-state index in [0.29, 0.717) is 13.0 Å². The Labute approximate surface area is 111 Å². The van der Waals surface area contributed by atoms with Gasteiger partial charge >= 0.3 is 0 Å². The average Bonchev–Trinajstić information content (AvgIpc) is 2.41. The first-order valence-corrected chi connectivity index (χ1v) is 7.67. The van der Waals surface area contributed by atoms with E-state index >= 15 is 0 Å². The molecule has 2 rings (SSSR count). The Kier molecular flexibility index (Phi) is 4.49. The Balaban J connectivity index is 2.02. The first kappa shape index (κ1) is 14.4. The lowest BCUT2D eigenvalue weighted by Gasteiger charge is -2.23. The van der Waals surface area contributed by atoms with Crippen molar-refractivity contribution in [1.82, 2.24) is 10.0 Å². The van der Waals surface area contributed by atoms with E-state index in [9.17, 15) is 17.2 Å². The number of hydrogen-bond acceptors (Lipinski definition) is 3. The SMILES string of the molecule is O=S(=O)(NCc1cc(F)ccc1F)C1CCCNC1. The molecule has 1 saturated heterocycles. The zero-order chi connectivity index (χ0) is 13.9. The zero-order valence-electron chi connectivity index (χ0n) is 10.3.